The molecule has 0 radical (unpaired) electrons. The van der Waals surface area contributed by atoms with Crippen molar-refractivity contribution >= 4 is 27.7 Å². The lowest BCUT2D eigenvalue weighted by atomic mass is 10.2. The number of nitrogens with zero attached hydrogens (tertiary/aromatic N) is 1. The van der Waals surface area contributed by atoms with E-state index in [-0.39, 0.29) is 5.91 Å². The maximum atomic E-state index is 11.7. The number of pyridine rings is 1. The molecule has 1 heterocycles. The molecule has 0 spiro atoms. The van der Waals surface area contributed by atoms with E-state index in [1.165, 1.54) is 6.20 Å². The molecule has 0 aliphatic rings. The Morgan fingerprint density at radius 1 is 0.947 bits per heavy atom. The van der Waals surface area contributed by atoms with Crippen LogP contribution in [0, 0.1) is 0 Å². The Morgan fingerprint density at radius 3 is 2.21 bits per heavy atom. The Bertz CT molecular complexity index is 602. The molecule has 1 aromatic carbocycles. The predicted molar refractivity (Wildman–Crippen MR) is 73.3 cm³/mol. The molecule has 0 aliphatic carbocycles. The summed E-state index contributed by atoms with van der Waals surface area (Å²) in [5, 5.41) is 0. The van der Waals surface area contributed by atoms with Crippen LogP contribution in [0.3, 0.4) is 0 Å². The summed E-state index contributed by atoms with van der Waals surface area (Å²) in [5.74, 6) is -0.810. The number of amides is 2. The van der Waals surface area contributed by atoms with E-state index in [1.807, 2.05) is 6.07 Å². The van der Waals surface area contributed by atoms with Crippen molar-refractivity contribution in [3.05, 3.63) is 64.4 Å². The monoisotopic (exact) mass is 319 g/mol. The van der Waals surface area contributed by atoms with Crippen molar-refractivity contribution in [1.82, 2.24) is 15.8 Å². The fraction of sp³-hybridized carbons (Fsp3) is 0. The van der Waals surface area contributed by atoms with E-state index in [0.29, 0.717) is 15.6 Å². The Hall–Kier alpha value is -2.21. The van der Waals surface area contributed by atoms with E-state index in [2.05, 4.69) is 31.8 Å². The molecule has 0 atom stereocenters. The van der Waals surface area contributed by atoms with Gasteiger partial charge in [0, 0.05) is 22.4 Å². The molecule has 1 aromatic heterocycles. The number of carbonyl (C=O) groups is 2. The maximum Gasteiger partial charge on any atom is 0.271 e. The second-order valence-corrected chi connectivity index (χ2v) is 4.58. The number of aromatic nitrogens is 1. The summed E-state index contributed by atoms with van der Waals surface area (Å²) in [6.07, 6.45) is 2.98. The van der Waals surface area contributed by atoms with Gasteiger partial charge in [0.1, 0.15) is 0 Å². The van der Waals surface area contributed by atoms with Gasteiger partial charge in [-0.15, -0.1) is 0 Å². The van der Waals surface area contributed by atoms with Crippen LogP contribution >= 0.6 is 15.9 Å². The smallest absolute Gasteiger partial charge is 0.267 e. The molecule has 2 aromatic rings. The first-order valence-corrected chi connectivity index (χ1v) is 6.22. The molecule has 5 nitrogen and oxygen atoms in total. The number of benzene rings is 1. The van der Waals surface area contributed by atoms with Crippen molar-refractivity contribution in [2.45, 2.75) is 0 Å². The highest BCUT2D eigenvalue weighted by atomic mass is 79.9. The number of nitrogens with one attached hydrogen (secondary N) is 2. The number of hydrogen-bond acceptors (Lipinski definition) is 3. The summed E-state index contributed by atoms with van der Waals surface area (Å²) in [4.78, 5) is 27.3. The Balaban J connectivity index is 1.96. The van der Waals surface area contributed by atoms with Crippen LogP contribution in [-0.4, -0.2) is 16.8 Å². The van der Waals surface area contributed by atoms with Gasteiger partial charge in [0.2, 0.25) is 0 Å². The van der Waals surface area contributed by atoms with E-state index >= 15 is 0 Å². The Kier molecular flexibility index (Phi) is 4.25. The van der Waals surface area contributed by atoms with Crippen molar-refractivity contribution < 1.29 is 9.59 Å². The molecular formula is C13H10BrN3O2. The van der Waals surface area contributed by atoms with E-state index < -0.39 is 5.91 Å². The largest absolute Gasteiger partial charge is 0.271 e. The van der Waals surface area contributed by atoms with Crippen LogP contribution < -0.4 is 10.9 Å². The lowest BCUT2D eigenvalue weighted by molar-refractivity contribution is 0.0846. The molecule has 2 amide bonds. The maximum absolute atomic E-state index is 11.7. The average Bonchev–Trinajstić information content (AvgIpc) is 2.45. The van der Waals surface area contributed by atoms with Crippen molar-refractivity contribution in [2.75, 3.05) is 0 Å². The number of carbonyl (C=O) groups excluding carboxylic acids is 2. The lowest BCUT2D eigenvalue weighted by Gasteiger charge is -2.07. The summed E-state index contributed by atoms with van der Waals surface area (Å²) in [5.41, 5.74) is 5.48. The number of rotatable bonds is 2. The summed E-state index contributed by atoms with van der Waals surface area (Å²) in [6, 6.07) is 10.2. The van der Waals surface area contributed by atoms with E-state index in [0.717, 1.165) is 0 Å². The highest BCUT2D eigenvalue weighted by molar-refractivity contribution is 9.10. The van der Waals surface area contributed by atoms with Crippen LogP contribution in [0.2, 0.25) is 0 Å². The van der Waals surface area contributed by atoms with Crippen LogP contribution in [0.15, 0.2) is 53.3 Å². The molecule has 96 valence electrons. The number of halogens is 1. The quantitative estimate of drug-likeness (QED) is 0.831. The van der Waals surface area contributed by atoms with Crippen molar-refractivity contribution in [1.29, 1.82) is 0 Å². The minimum absolute atomic E-state index is 0.350. The molecule has 0 aliphatic heterocycles. The predicted octanol–water partition coefficient (Wildman–Crippen LogP) is 1.92. The van der Waals surface area contributed by atoms with Crippen LogP contribution in [0.5, 0.6) is 0 Å². The van der Waals surface area contributed by atoms with Gasteiger partial charge in [-0.3, -0.25) is 25.4 Å². The van der Waals surface area contributed by atoms with Crippen LogP contribution in [0.1, 0.15) is 20.7 Å². The minimum atomic E-state index is -0.432. The van der Waals surface area contributed by atoms with Gasteiger partial charge in [0.05, 0.1) is 5.56 Å². The van der Waals surface area contributed by atoms with E-state index in [4.69, 9.17) is 0 Å². The molecule has 0 saturated heterocycles. The fourth-order valence-electron chi connectivity index (χ4n) is 1.38. The Labute approximate surface area is 118 Å². The topological polar surface area (TPSA) is 71.1 Å². The third-order valence-corrected chi connectivity index (χ3v) is 2.73. The van der Waals surface area contributed by atoms with Gasteiger partial charge in [0.15, 0.2) is 0 Å². The summed E-state index contributed by atoms with van der Waals surface area (Å²) in [6.45, 7) is 0. The number of hydrazine groups is 1. The van der Waals surface area contributed by atoms with Crippen LogP contribution in [0.4, 0.5) is 0 Å². The molecule has 0 unspecified atom stereocenters. The SMILES string of the molecule is O=C(NNC(=O)c1cncc(Br)c1)c1ccccc1. The molecule has 2 N–H and O–H groups in total. The second kappa shape index (κ2) is 6.10. The highest BCUT2D eigenvalue weighted by Gasteiger charge is 2.09. The zero-order valence-corrected chi connectivity index (χ0v) is 11.3. The summed E-state index contributed by atoms with van der Waals surface area (Å²) in [7, 11) is 0. The molecule has 0 saturated carbocycles. The van der Waals surface area contributed by atoms with Crippen molar-refractivity contribution in [2.24, 2.45) is 0 Å². The van der Waals surface area contributed by atoms with Crippen LogP contribution in [0.25, 0.3) is 0 Å². The second-order valence-electron chi connectivity index (χ2n) is 3.67. The van der Waals surface area contributed by atoms with E-state index in [1.54, 1.807) is 36.5 Å². The lowest BCUT2D eigenvalue weighted by Crippen LogP contribution is -2.41. The van der Waals surface area contributed by atoms with Gasteiger partial charge in [-0.1, -0.05) is 18.2 Å². The zero-order chi connectivity index (χ0) is 13.7. The van der Waals surface area contributed by atoms with Gasteiger partial charge in [-0.2, -0.15) is 0 Å². The molecule has 2 rings (SSSR count). The molecule has 0 fully saturated rings. The van der Waals surface area contributed by atoms with Gasteiger partial charge in [0.25, 0.3) is 11.8 Å². The first-order chi connectivity index (χ1) is 9.16. The molecule has 0 bridgehead atoms. The van der Waals surface area contributed by atoms with Gasteiger partial charge in [-0.05, 0) is 34.1 Å². The van der Waals surface area contributed by atoms with Crippen LogP contribution in [-0.2, 0) is 0 Å². The molecule has 19 heavy (non-hydrogen) atoms. The van der Waals surface area contributed by atoms with Crippen molar-refractivity contribution in [3.8, 4) is 0 Å². The zero-order valence-electron chi connectivity index (χ0n) is 9.76. The third-order valence-electron chi connectivity index (χ3n) is 2.29. The summed E-state index contributed by atoms with van der Waals surface area (Å²) >= 11 is 3.22. The normalized spacial score (nSPS) is 9.74. The first kappa shape index (κ1) is 13.2. The molecular weight excluding hydrogens is 310 g/mol. The van der Waals surface area contributed by atoms with Gasteiger partial charge in [-0.25, -0.2) is 0 Å². The van der Waals surface area contributed by atoms with Crippen molar-refractivity contribution in [3.63, 3.8) is 0 Å². The standard InChI is InChI=1S/C13H10BrN3O2/c14-11-6-10(7-15-8-11)13(19)17-16-12(18)9-4-2-1-3-5-9/h1-8H,(H,16,18)(H,17,19). The summed E-state index contributed by atoms with van der Waals surface area (Å²) < 4.78 is 0.689. The first-order valence-electron chi connectivity index (χ1n) is 5.43. The highest BCUT2D eigenvalue weighted by Crippen LogP contribution is 2.09. The number of hydrogen-bond donors (Lipinski definition) is 2. The third kappa shape index (κ3) is 3.62. The van der Waals surface area contributed by atoms with E-state index in [9.17, 15) is 9.59 Å². The Morgan fingerprint density at radius 2 is 1.58 bits per heavy atom. The van der Waals surface area contributed by atoms with Gasteiger partial charge < -0.3 is 0 Å². The fourth-order valence-corrected chi connectivity index (χ4v) is 1.75. The average molecular weight is 320 g/mol. The minimum Gasteiger partial charge on any atom is -0.267 e. The van der Waals surface area contributed by atoms with Gasteiger partial charge >= 0.3 is 0 Å². The molecule has 6 heteroatoms.